The number of carbonyl (C=O) groups excluding carboxylic acids is 2. The molecular weight excluding hydrogens is 268 g/mol. The highest BCUT2D eigenvalue weighted by Gasteiger charge is 2.35. The van der Waals surface area contributed by atoms with E-state index in [2.05, 4.69) is 10.4 Å². The number of likely N-dealkylation sites (tertiary alicyclic amines) is 1. The van der Waals surface area contributed by atoms with Crippen LogP contribution in [0.2, 0.25) is 0 Å². The maximum absolute atomic E-state index is 11.8. The summed E-state index contributed by atoms with van der Waals surface area (Å²) >= 11 is 0. The predicted molar refractivity (Wildman–Crippen MR) is 76.6 cm³/mol. The normalized spacial score (nSPS) is 18.5. The molecule has 1 saturated heterocycles. The lowest BCUT2D eigenvalue weighted by atomic mass is 10.2. The van der Waals surface area contributed by atoms with E-state index in [1.165, 1.54) is 11.9 Å². The van der Waals surface area contributed by atoms with E-state index in [0.717, 1.165) is 11.3 Å². The summed E-state index contributed by atoms with van der Waals surface area (Å²) in [4.78, 5) is 24.4. The Balaban J connectivity index is 1.64. The molecule has 1 fully saturated rings. The van der Waals surface area contributed by atoms with E-state index < -0.39 is 6.04 Å². The van der Waals surface area contributed by atoms with E-state index in [-0.39, 0.29) is 18.2 Å². The van der Waals surface area contributed by atoms with Crippen molar-refractivity contribution in [1.29, 1.82) is 0 Å². The van der Waals surface area contributed by atoms with E-state index in [0.29, 0.717) is 6.54 Å². The van der Waals surface area contributed by atoms with Crippen molar-refractivity contribution in [3.8, 4) is 5.69 Å². The van der Waals surface area contributed by atoms with Crippen LogP contribution in [-0.2, 0) is 16.1 Å². The van der Waals surface area contributed by atoms with Crippen LogP contribution in [0.5, 0.6) is 0 Å². The fourth-order valence-corrected chi connectivity index (χ4v) is 2.33. The first kappa shape index (κ1) is 13.5. The molecule has 1 aliphatic rings. The third-order valence-corrected chi connectivity index (χ3v) is 3.59. The zero-order chi connectivity index (χ0) is 14.8. The lowest BCUT2D eigenvalue weighted by molar-refractivity contribution is -0.137. The lowest BCUT2D eigenvalue weighted by Gasteiger charge is -2.09. The van der Waals surface area contributed by atoms with Crippen molar-refractivity contribution in [2.45, 2.75) is 19.0 Å². The van der Waals surface area contributed by atoms with Gasteiger partial charge in [0, 0.05) is 25.4 Å². The van der Waals surface area contributed by atoms with Gasteiger partial charge in [0.1, 0.15) is 0 Å². The van der Waals surface area contributed by atoms with Crippen LogP contribution in [0.3, 0.4) is 0 Å². The number of para-hydroxylation sites is 1. The van der Waals surface area contributed by atoms with Gasteiger partial charge >= 0.3 is 0 Å². The minimum atomic E-state index is -0.428. The fourth-order valence-electron chi connectivity index (χ4n) is 2.33. The smallest absolute Gasteiger partial charge is 0.246 e. The van der Waals surface area contributed by atoms with Gasteiger partial charge in [0.15, 0.2) is 0 Å². The first-order valence-corrected chi connectivity index (χ1v) is 6.78. The van der Waals surface area contributed by atoms with Crippen LogP contribution in [-0.4, -0.2) is 39.6 Å². The lowest BCUT2D eigenvalue weighted by Crippen LogP contribution is -2.36. The van der Waals surface area contributed by atoms with E-state index in [1.54, 1.807) is 10.9 Å². The number of benzene rings is 1. The molecule has 1 N–H and O–H groups in total. The summed E-state index contributed by atoms with van der Waals surface area (Å²) in [7, 11) is 1.51. The predicted octanol–water partition coefficient (Wildman–Crippen LogP) is 0.719. The number of rotatable bonds is 4. The number of carbonyl (C=O) groups is 2. The summed E-state index contributed by atoms with van der Waals surface area (Å²) < 4.78 is 1.78. The van der Waals surface area contributed by atoms with Crippen LogP contribution in [0.15, 0.2) is 42.7 Å². The SMILES string of the molecule is CN1C(=O)CC(NCc2cnn(-c3ccccc3)c2)C1=O. The van der Waals surface area contributed by atoms with Crippen LogP contribution < -0.4 is 5.32 Å². The highest BCUT2D eigenvalue weighted by Crippen LogP contribution is 2.12. The molecule has 1 unspecified atom stereocenters. The Morgan fingerprint density at radius 2 is 2.05 bits per heavy atom. The van der Waals surface area contributed by atoms with Crippen molar-refractivity contribution in [2.75, 3.05) is 7.05 Å². The van der Waals surface area contributed by atoms with Crippen LogP contribution >= 0.6 is 0 Å². The summed E-state index contributed by atoms with van der Waals surface area (Å²) in [5.41, 5.74) is 1.95. The Labute approximate surface area is 122 Å². The van der Waals surface area contributed by atoms with Gasteiger partial charge in [-0.1, -0.05) is 18.2 Å². The van der Waals surface area contributed by atoms with Gasteiger partial charge in [0.05, 0.1) is 24.3 Å². The molecule has 0 spiro atoms. The summed E-state index contributed by atoms with van der Waals surface area (Å²) in [5.74, 6) is -0.312. The number of hydrogen-bond acceptors (Lipinski definition) is 4. The van der Waals surface area contributed by atoms with Gasteiger partial charge in [0.2, 0.25) is 11.8 Å². The minimum absolute atomic E-state index is 0.141. The van der Waals surface area contributed by atoms with Gasteiger partial charge in [-0.05, 0) is 12.1 Å². The van der Waals surface area contributed by atoms with Gasteiger partial charge in [-0.15, -0.1) is 0 Å². The van der Waals surface area contributed by atoms with Crippen LogP contribution in [0.1, 0.15) is 12.0 Å². The number of amides is 2. The Bertz CT molecular complexity index is 665. The zero-order valence-corrected chi connectivity index (χ0v) is 11.7. The molecule has 6 heteroatoms. The average Bonchev–Trinajstić information content (AvgIpc) is 3.07. The Morgan fingerprint density at radius 1 is 1.29 bits per heavy atom. The summed E-state index contributed by atoms with van der Waals surface area (Å²) in [6, 6.07) is 9.37. The molecule has 1 aliphatic heterocycles. The molecule has 0 bridgehead atoms. The summed E-state index contributed by atoms with van der Waals surface area (Å²) in [5, 5.41) is 7.40. The number of hydrogen-bond donors (Lipinski definition) is 1. The third kappa shape index (κ3) is 2.71. The molecule has 2 amide bonds. The number of nitrogens with one attached hydrogen (secondary N) is 1. The Kier molecular flexibility index (Phi) is 3.53. The molecule has 3 rings (SSSR count). The first-order chi connectivity index (χ1) is 10.1. The summed E-state index contributed by atoms with van der Waals surface area (Å²) in [6.07, 6.45) is 3.89. The molecule has 2 aromatic rings. The van der Waals surface area contributed by atoms with Gasteiger partial charge in [0.25, 0.3) is 0 Å². The highest BCUT2D eigenvalue weighted by atomic mass is 16.2. The van der Waals surface area contributed by atoms with Gasteiger partial charge in [-0.25, -0.2) is 4.68 Å². The topological polar surface area (TPSA) is 67.2 Å². The quantitative estimate of drug-likeness (QED) is 0.840. The second-order valence-electron chi connectivity index (χ2n) is 5.06. The van der Waals surface area contributed by atoms with E-state index in [9.17, 15) is 9.59 Å². The minimum Gasteiger partial charge on any atom is -0.301 e. The molecule has 2 heterocycles. The van der Waals surface area contributed by atoms with Crippen molar-refractivity contribution in [2.24, 2.45) is 0 Å². The molecule has 21 heavy (non-hydrogen) atoms. The second-order valence-corrected chi connectivity index (χ2v) is 5.06. The molecule has 0 saturated carbocycles. The van der Waals surface area contributed by atoms with E-state index >= 15 is 0 Å². The molecule has 0 aliphatic carbocycles. The molecule has 1 aromatic carbocycles. The van der Waals surface area contributed by atoms with Crippen molar-refractivity contribution < 1.29 is 9.59 Å². The summed E-state index contributed by atoms with van der Waals surface area (Å²) in [6.45, 7) is 0.504. The number of aromatic nitrogens is 2. The second kappa shape index (κ2) is 5.49. The standard InChI is InChI=1S/C15H16N4O2/c1-18-14(20)7-13(15(18)21)16-8-11-9-17-19(10-11)12-5-3-2-4-6-12/h2-6,9-10,13,16H,7-8H2,1H3. The van der Waals surface area contributed by atoms with Crippen molar-refractivity contribution >= 4 is 11.8 Å². The third-order valence-electron chi connectivity index (χ3n) is 3.59. The molecule has 0 radical (unpaired) electrons. The first-order valence-electron chi connectivity index (χ1n) is 6.78. The van der Waals surface area contributed by atoms with Crippen LogP contribution in [0, 0.1) is 0 Å². The van der Waals surface area contributed by atoms with Gasteiger partial charge in [-0.2, -0.15) is 5.10 Å². The molecule has 1 aromatic heterocycles. The van der Waals surface area contributed by atoms with Crippen molar-refractivity contribution in [3.63, 3.8) is 0 Å². The van der Waals surface area contributed by atoms with Crippen LogP contribution in [0.4, 0.5) is 0 Å². The van der Waals surface area contributed by atoms with Gasteiger partial charge < -0.3 is 5.32 Å². The number of imide groups is 1. The average molecular weight is 284 g/mol. The maximum atomic E-state index is 11.8. The van der Waals surface area contributed by atoms with Crippen molar-refractivity contribution in [1.82, 2.24) is 20.0 Å². The number of nitrogens with zero attached hydrogens (tertiary/aromatic N) is 3. The highest BCUT2D eigenvalue weighted by molar-refractivity contribution is 6.05. The molecule has 6 nitrogen and oxygen atoms in total. The largest absolute Gasteiger partial charge is 0.301 e. The van der Waals surface area contributed by atoms with Gasteiger partial charge in [-0.3, -0.25) is 14.5 Å². The van der Waals surface area contributed by atoms with Crippen molar-refractivity contribution in [3.05, 3.63) is 48.3 Å². The van der Waals surface area contributed by atoms with E-state index in [4.69, 9.17) is 0 Å². The monoisotopic (exact) mass is 284 g/mol. The van der Waals surface area contributed by atoms with Crippen LogP contribution in [0.25, 0.3) is 5.69 Å². The Morgan fingerprint density at radius 3 is 2.71 bits per heavy atom. The molecule has 1 atom stereocenters. The van der Waals surface area contributed by atoms with E-state index in [1.807, 2.05) is 36.5 Å². The molecular formula is C15H16N4O2. The number of likely N-dealkylation sites (N-methyl/N-ethyl adjacent to an activating group) is 1. The Hall–Kier alpha value is -2.47. The maximum Gasteiger partial charge on any atom is 0.246 e. The zero-order valence-electron chi connectivity index (χ0n) is 11.7. The fraction of sp³-hybridized carbons (Fsp3) is 0.267. The molecule has 108 valence electrons.